The highest BCUT2D eigenvalue weighted by atomic mass is 16.3. The molecule has 0 aromatic carbocycles. The standard InChI is InChI=1S/C23H40O/c1-5-15(2)19-8-9-20-18-7-6-16-14-17(24)10-12-22(16,3)21(18)11-13-23(19,20)4/h15-21,24H,5-14H2,1-4H3. The molecule has 4 rings (SSSR count). The minimum absolute atomic E-state index is 0.00486. The summed E-state index contributed by atoms with van der Waals surface area (Å²) in [5, 5.41) is 10.2. The zero-order chi connectivity index (χ0) is 17.1. The topological polar surface area (TPSA) is 20.2 Å². The maximum absolute atomic E-state index is 10.2. The van der Waals surface area contributed by atoms with Gasteiger partial charge in [0.15, 0.2) is 0 Å². The second kappa shape index (κ2) is 6.00. The largest absolute Gasteiger partial charge is 0.393 e. The van der Waals surface area contributed by atoms with E-state index in [1.807, 2.05) is 0 Å². The van der Waals surface area contributed by atoms with E-state index in [1.165, 1.54) is 51.4 Å². The first-order chi connectivity index (χ1) is 11.4. The highest BCUT2D eigenvalue weighted by Crippen LogP contribution is 2.68. The summed E-state index contributed by atoms with van der Waals surface area (Å²) < 4.78 is 0. The second-order valence-electron chi connectivity index (χ2n) is 10.7. The smallest absolute Gasteiger partial charge is 0.0543 e. The SMILES string of the molecule is CCC(C)C1CCC2C3CCC4CC(O)CCC4(C)C3CCC12C. The van der Waals surface area contributed by atoms with Crippen molar-refractivity contribution in [1.29, 1.82) is 0 Å². The molecule has 0 bridgehead atoms. The Bertz CT molecular complexity index is 473. The molecule has 24 heavy (non-hydrogen) atoms. The average molecular weight is 333 g/mol. The monoisotopic (exact) mass is 332 g/mol. The van der Waals surface area contributed by atoms with Gasteiger partial charge in [0.1, 0.15) is 0 Å². The lowest BCUT2D eigenvalue weighted by Crippen LogP contribution is -2.54. The summed E-state index contributed by atoms with van der Waals surface area (Å²) in [6.07, 6.45) is 13.6. The summed E-state index contributed by atoms with van der Waals surface area (Å²) in [5.74, 6) is 5.64. The lowest BCUT2D eigenvalue weighted by Gasteiger charge is -2.61. The van der Waals surface area contributed by atoms with Crippen LogP contribution in [0.1, 0.15) is 91.9 Å². The molecule has 0 aromatic rings. The molecule has 4 fully saturated rings. The van der Waals surface area contributed by atoms with Crippen LogP contribution in [0.3, 0.4) is 0 Å². The van der Waals surface area contributed by atoms with Crippen molar-refractivity contribution in [2.75, 3.05) is 0 Å². The van der Waals surface area contributed by atoms with Crippen molar-refractivity contribution in [3.8, 4) is 0 Å². The van der Waals surface area contributed by atoms with Gasteiger partial charge < -0.3 is 5.11 Å². The summed E-state index contributed by atoms with van der Waals surface area (Å²) in [4.78, 5) is 0. The van der Waals surface area contributed by atoms with Crippen molar-refractivity contribution in [2.45, 2.75) is 98.0 Å². The summed E-state index contributed by atoms with van der Waals surface area (Å²) in [6.45, 7) is 10.2. The van der Waals surface area contributed by atoms with Gasteiger partial charge in [-0.05, 0) is 104 Å². The van der Waals surface area contributed by atoms with E-state index in [-0.39, 0.29) is 6.10 Å². The van der Waals surface area contributed by atoms with Crippen LogP contribution in [0.5, 0.6) is 0 Å². The Morgan fingerprint density at radius 3 is 2.38 bits per heavy atom. The molecule has 0 saturated heterocycles. The predicted octanol–water partition coefficient (Wildman–Crippen LogP) is 6.05. The van der Waals surface area contributed by atoms with Gasteiger partial charge in [-0.2, -0.15) is 0 Å². The van der Waals surface area contributed by atoms with Crippen molar-refractivity contribution in [2.24, 2.45) is 46.3 Å². The van der Waals surface area contributed by atoms with Crippen LogP contribution in [0.2, 0.25) is 0 Å². The van der Waals surface area contributed by atoms with E-state index < -0.39 is 0 Å². The Morgan fingerprint density at radius 2 is 1.62 bits per heavy atom. The predicted molar refractivity (Wildman–Crippen MR) is 101 cm³/mol. The van der Waals surface area contributed by atoms with Crippen molar-refractivity contribution in [1.82, 2.24) is 0 Å². The molecule has 0 spiro atoms. The molecule has 4 aliphatic rings. The van der Waals surface area contributed by atoms with Crippen molar-refractivity contribution in [3.05, 3.63) is 0 Å². The van der Waals surface area contributed by atoms with Crippen LogP contribution in [-0.4, -0.2) is 11.2 Å². The lowest BCUT2D eigenvalue weighted by atomic mass is 9.44. The average Bonchev–Trinajstić information content (AvgIpc) is 2.92. The maximum Gasteiger partial charge on any atom is 0.0543 e. The summed E-state index contributed by atoms with van der Waals surface area (Å²) >= 11 is 0. The zero-order valence-corrected chi connectivity index (χ0v) is 16.6. The molecule has 1 heteroatoms. The molecule has 0 aromatic heterocycles. The number of fused-ring (bicyclic) bond motifs is 5. The first kappa shape index (κ1) is 17.4. The normalized spacial score (nSPS) is 55.4. The fourth-order valence-electron chi connectivity index (χ4n) is 8.50. The van der Waals surface area contributed by atoms with Crippen molar-refractivity contribution in [3.63, 3.8) is 0 Å². The Morgan fingerprint density at radius 1 is 0.917 bits per heavy atom. The third-order valence-corrected chi connectivity index (χ3v) is 10.0. The lowest BCUT2D eigenvalue weighted by molar-refractivity contribution is -0.129. The summed E-state index contributed by atoms with van der Waals surface area (Å²) in [6, 6.07) is 0. The minimum atomic E-state index is -0.00486. The van der Waals surface area contributed by atoms with Gasteiger partial charge in [0.25, 0.3) is 0 Å². The molecule has 138 valence electrons. The number of hydrogen-bond acceptors (Lipinski definition) is 1. The van der Waals surface area contributed by atoms with Crippen LogP contribution in [0.25, 0.3) is 0 Å². The van der Waals surface area contributed by atoms with Gasteiger partial charge in [-0.25, -0.2) is 0 Å². The highest BCUT2D eigenvalue weighted by Gasteiger charge is 2.60. The molecule has 4 aliphatic carbocycles. The van der Waals surface area contributed by atoms with Crippen LogP contribution >= 0.6 is 0 Å². The van der Waals surface area contributed by atoms with Crippen molar-refractivity contribution >= 4 is 0 Å². The molecular formula is C23H40O. The van der Waals surface area contributed by atoms with Crippen LogP contribution in [0.4, 0.5) is 0 Å². The van der Waals surface area contributed by atoms with Crippen LogP contribution in [0, 0.1) is 46.3 Å². The van der Waals surface area contributed by atoms with Gasteiger partial charge in [0.05, 0.1) is 6.10 Å². The van der Waals surface area contributed by atoms with E-state index in [9.17, 15) is 5.11 Å². The van der Waals surface area contributed by atoms with Crippen LogP contribution in [0.15, 0.2) is 0 Å². The molecule has 1 nitrogen and oxygen atoms in total. The number of rotatable bonds is 2. The molecular weight excluding hydrogens is 292 g/mol. The Labute approximate surface area is 150 Å². The number of hydrogen-bond donors (Lipinski definition) is 1. The van der Waals surface area contributed by atoms with E-state index in [4.69, 9.17) is 0 Å². The van der Waals surface area contributed by atoms with Crippen molar-refractivity contribution < 1.29 is 5.11 Å². The van der Waals surface area contributed by atoms with Gasteiger partial charge in [-0.3, -0.25) is 0 Å². The van der Waals surface area contributed by atoms with E-state index in [0.29, 0.717) is 10.8 Å². The summed E-state index contributed by atoms with van der Waals surface area (Å²) in [7, 11) is 0. The molecule has 9 atom stereocenters. The Hall–Kier alpha value is -0.0400. The zero-order valence-electron chi connectivity index (χ0n) is 16.6. The first-order valence-electron chi connectivity index (χ1n) is 11.1. The van der Waals surface area contributed by atoms with Gasteiger partial charge in [-0.1, -0.05) is 34.1 Å². The number of aliphatic hydroxyl groups excluding tert-OH is 1. The van der Waals surface area contributed by atoms with Gasteiger partial charge in [0.2, 0.25) is 0 Å². The van der Waals surface area contributed by atoms with E-state index in [1.54, 1.807) is 0 Å². The second-order valence-corrected chi connectivity index (χ2v) is 10.7. The van der Waals surface area contributed by atoms with Gasteiger partial charge in [0, 0.05) is 0 Å². The fourth-order valence-corrected chi connectivity index (χ4v) is 8.50. The highest BCUT2D eigenvalue weighted by molar-refractivity contribution is 5.09. The number of aliphatic hydroxyl groups is 1. The van der Waals surface area contributed by atoms with Gasteiger partial charge >= 0.3 is 0 Å². The Balaban J connectivity index is 1.59. The third kappa shape index (κ3) is 2.36. The van der Waals surface area contributed by atoms with Crippen LogP contribution < -0.4 is 0 Å². The maximum atomic E-state index is 10.2. The molecule has 1 N–H and O–H groups in total. The molecule has 9 unspecified atom stereocenters. The van der Waals surface area contributed by atoms with E-state index >= 15 is 0 Å². The van der Waals surface area contributed by atoms with E-state index in [0.717, 1.165) is 48.3 Å². The van der Waals surface area contributed by atoms with E-state index in [2.05, 4.69) is 27.7 Å². The minimum Gasteiger partial charge on any atom is -0.393 e. The summed E-state index contributed by atoms with van der Waals surface area (Å²) in [5.41, 5.74) is 1.17. The molecule has 4 saturated carbocycles. The fraction of sp³-hybridized carbons (Fsp3) is 1.00. The first-order valence-corrected chi connectivity index (χ1v) is 11.1. The third-order valence-electron chi connectivity index (χ3n) is 10.0. The van der Waals surface area contributed by atoms with Gasteiger partial charge in [-0.15, -0.1) is 0 Å². The van der Waals surface area contributed by atoms with Crippen LogP contribution in [-0.2, 0) is 0 Å². The molecule has 0 amide bonds. The quantitative estimate of drug-likeness (QED) is 0.652. The molecule has 0 aliphatic heterocycles. The Kier molecular flexibility index (Phi) is 4.34. The molecule has 0 heterocycles. The molecule has 0 radical (unpaired) electrons.